The highest BCUT2D eigenvalue weighted by atomic mass is 19.1. The second-order valence-corrected chi connectivity index (χ2v) is 10.7. The van der Waals surface area contributed by atoms with Gasteiger partial charge < -0.3 is 15.6 Å². The fourth-order valence-corrected chi connectivity index (χ4v) is 5.77. The fourth-order valence-electron chi connectivity index (χ4n) is 5.77. The van der Waals surface area contributed by atoms with E-state index in [-0.39, 0.29) is 5.82 Å². The summed E-state index contributed by atoms with van der Waals surface area (Å²) >= 11 is 0. The molecule has 4 aromatic heterocycles. The minimum Gasteiger partial charge on any atom is -0.358 e. The molecule has 204 valence electrons. The molecule has 7 rings (SSSR count). The number of aromatic amines is 2. The van der Waals surface area contributed by atoms with E-state index in [0.29, 0.717) is 5.92 Å². The maximum absolute atomic E-state index is 13.5. The molecule has 0 radical (unpaired) electrons. The number of aromatic nitrogens is 5. The van der Waals surface area contributed by atoms with E-state index >= 15 is 0 Å². The summed E-state index contributed by atoms with van der Waals surface area (Å²) in [7, 11) is 0. The molecule has 7 nitrogen and oxygen atoms in total. The molecule has 2 aromatic carbocycles. The summed E-state index contributed by atoms with van der Waals surface area (Å²) < 4.78 is 13.5. The van der Waals surface area contributed by atoms with Crippen molar-refractivity contribution in [2.75, 3.05) is 18.4 Å². The van der Waals surface area contributed by atoms with Crippen LogP contribution in [0.2, 0.25) is 0 Å². The summed E-state index contributed by atoms with van der Waals surface area (Å²) in [5.74, 6) is 0.398. The maximum Gasteiger partial charge on any atom is 0.123 e. The second-order valence-electron chi connectivity index (χ2n) is 10.7. The second kappa shape index (κ2) is 10.6. The molecule has 0 saturated carbocycles. The molecular weight excluding hydrogens is 513 g/mol. The lowest BCUT2D eigenvalue weighted by Crippen LogP contribution is -2.28. The summed E-state index contributed by atoms with van der Waals surface area (Å²) in [6.45, 7) is 6.44. The quantitative estimate of drug-likeness (QED) is 0.170. The number of anilines is 1. The molecular formula is C33H30FN7. The van der Waals surface area contributed by atoms with Gasteiger partial charge in [-0.1, -0.05) is 12.6 Å². The van der Waals surface area contributed by atoms with Gasteiger partial charge in [0.2, 0.25) is 0 Å². The Balaban J connectivity index is 1.19. The molecule has 0 aliphatic carbocycles. The third kappa shape index (κ3) is 5.10. The number of H-pyrrole nitrogens is 2. The molecule has 41 heavy (non-hydrogen) atoms. The molecule has 0 unspecified atom stereocenters. The SMILES string of the molecule is C=C(CC1CCNCC1)Nc1cncc(-c2ccc3[nH]nc(-c4cc5c(-c6ccc(F)cc6)nccc5[nH]4)c3c2)c1. The predicted octanol–water partition coefficient (Wildman–Crippen LogP) is 7.29. The molecule has 0 atom stereocenters. The molecule has 0 amide bonds. The standard InChI is InChI=1S/C33H30FN7/c1-20(14-21-8-11-35-12-9-21)38-26-15-24(18-36-19-26)23-4-7-30-27(16-23)33(41-40-30)31-17-28-29(39-31)10-13-37-32(28)22-2-5-25(34)6-3-22/h2-7,10,13,15-19,21,35,38-39H,1,8-9,11-12,14H2,(H,40,41). The first-order chi connectivity index (χ1) is 20.1. The van der Waals surface area contributed by atoms with Gasteiger partial charge in [-0.25, -0.2) is 4.39 Å². The Bertz CT molecular complexity index is 1860. The minimum absolute atomic E-state index is 0.270. The van der Waals surface area contributed by atoms with Crippen LogP contribution in [0.1, 0.15) is 19.3 Å². The molecule has 0 spiro atoms. The molecule has 1 aliphatic heterocycles. The maximum atomic E-state index is 13.5. The minimum atomic E-state index is -0.270. The number of nitrogens with zero attached hydrogens (tertiary/aromatic N) is 3. The number of piperidine rings is 1. The number of hydrogen-bond acceptors (Lipinski definition) is 5. The van der Waals surface area contributed by atoms with Gasteiger partial charge in [-0.3, -0.25) is 15.1 Å². The normalized spacial score (nSPS) is 14.1. The van der Waals surface area contributed by atoms with Crippen LogP contribution in [0.4, 0.5) is 10.1 Å². The van der Waals surface area contributed by atoms with E-state index < -0.39 is 0 Å². The largest absolute Gasteiger partial charge is 0.358 e. The summed E-state index contributed by atoms with van der Waals surface area (Å²) in [6.07, 6.45) is 8.83. The Labute approximate surface area is 237 Å². The van der Waals surface area contributed by atoms with Crippen molar-refractivity contribution in [3.8, 4) is 33.8 Å². The number of pyridine rings is 2. The van der Waals surface area contributed by atoms with Gasteiger partial charge in [-0.2, -0.15) is 5.10 Å². The van der Waals surface area contributed by atoms with Gasteiger partial charge in [0.05, 0.1) is 28.8 Å². The first-order valence-corrected chi connectivity index (χ1v) is 13.9. The van der Waals surface area contributed by atoms with Crippen LogP contribution in [0.5, 0.6) is 0 Å². The van der Waals surface area contributed by atoms with Gasteiger partial charge in [0.15, 0.2) is 0 Å². The van der Waals surface area contributed by atoms with Crippen molar-refractivity contribution in [2.24, 2.45) is 5.92 Å². The number of fused-ring (bicyclic) bond motifs is 2. The lowest BCUT2D eigenvalue weighted by molar-refractivity contribution is 0.373. The highest BCUT2D eigenvalue weighted by Crippen LogP contribution is 2.35. The predicted molar refractivity (Wildman–Crippen MR) is 163 cm³/mol. The highest BCUT2D eigenvalue weighted by Gasteiger charge is 2.16. The van der Waals surface area contributed by atoms with Crippen LogP contribution in [0, 0.1) is 11.7 Å². The summed E-state index contributed by atoms with van der Waals surface area (Å²) in [5, 5.41) is 16.7. The molecule has 5 heterocycles. The van der Waals surface area contributed by atoms with Crippen molar-refractivity contribution in [1.82, 2.24) is 30.5 Å². The number of rotatable bonds is 7. The van der Waals surface area contributed by atoms with E-state index in [4.69, 9.17) is 0 Å². The first kappa shape index (κ1) is 25.2. The average Bonchev–Trinajstić information content (AvgIpc) is 3.62. The Hall–Kier alpha value is -4.82. The van der Waals surface area contributed by atoms with Crippen LogP contribution >= 0.6 is 0 Å². The van der Waals surface area contributed by atoms with Gasteiger partial charge in [0.1, 0.15) is 11.5 Å². The molecule has 1 saturated heterocycles. The zero-order valence-corrected chi connectivity index (χ0v) is 22.5. The van der Waals surface area contributed by atoms with Crippen LogP contribution in [-0.2, 0) is 0 Å². The van der Waals surface area contributed by atoms with E-state index in [1.54, 1.807) is 18.3 Å². The Morgan fingerprint density at radius 1 is 0.878 bits per heavy atom. The Morgan fingerprint density at radius 3 is 2.54 bits per heavy atom. The van der Waals surface area contributed by atoms with Crippen molar-refractivity contribution in [3.63, 3.8) is 0 Å². The Morgan fingerprint density at radius 2 is 1.68 bits per heavy atom. The average molecular weight is 544 g/mol. The third-order valence-electron chi connectivity index (χ3n) is 7.87. The lowest BCUT2D eigenvalue weighted by Gasteiger charge is -2.23. The van der Waals surface area contributed by atoms with Gasteiger partial charge >= 0.3 is 0 Å². The van der Waals surface area contributed by atoms with Crippen molar-refractivity contribution in [2.45, 2.75) is 19.3 Å². The van der Waals surface area contributed by atoms with Crippen LogP contribution in [-0.4, -0.2) is 38.2 Å². The number of nitrogens with one attached hydrogen (secondary N) is 4. The van der Waals surface area contributed by atoms with Crippen LogP contribution in [0.25, 0.3) is 55.6 Å². The van der Waals surface area contributed by atoms with E-state index in [2.05, 4.69) is 66.6 Å². The fraction of sp³-hybridized carbons (Fsp3) is 0.182. The topological polar surface area (TPSA) is 94.3 Å². The van der Waals surface area contributed by atoms with Crippen LogP contribution in [0.15, 0.2) is 91.5 Å². The van der Waals surface area contributed by atoms with Crippen molar-refractivity contribution in [3.05, 3.63) is 97.3 Å². The smallest absolute Gasteiger partial charge is 0.123 e. The third-order valence-corrected chi connectivity index (χ3v) is 7.87. The van der Waals surface area contributed by atoms with Crippen molar-refractivity contribution >= 4 is 27.5 Å². The lowest BCUT2D eigenvalue weighted by atomic mass is 9.93. The molecule has 1 aliphatic rings. The number of hydrogen-bond donors (Lipinski definition) is 4. The highest BCUT2D eigenvalue weighted by molar-refractivity contribution is 6.00. The molecule has 4 N–H and O–H groups in total. The van der Waals surface area contributed by atoms with E-state index in [1.807, 2.05) is 24.5 Å². The van der Waals surface area contributed by atoms with Gasteiger partial charge in [0, 0.05) is 45.5 Å². The van der Waals surface area contributed by atoms with E-state index in [0.717, 1.165) is 86.5 Å². The summed E-state index contributed by atoms with van der Waals surface area (Å²) in [4.78, 5) is 12.6. The molecule has 0 bridgehead atoms. The molecule has 6 aromatic rings. The molecule has 1 fully saturated rings. The van der Waals surface area contributed by atoms with Crippen LogP contribution in [0.3, 0.4) is 0 Å². The monoisotopic (exact) mass is 543 g/mol. The number of halogens is 1. The molecule has 8 heteroatoms. The summed E-state index contributed by atoms with van der Waals surface area (Å²) in [5.41, 5.74) is 9.25. The zero-order valence-electron chi connectivity index (χ0n) is 22.5. The van der Waals surface area contributed by atoms with Crippen molar-refractivity contribution in [1.29, 1.82) is 0 Å². The van der Waals surface area contributed by atoms with Gasteiger partial charge in [-0.15, -0.1) is 0 Å². The van der Waals surface area contributed by atoms with E-state index in [9.17, 15) is 4.39 Å². The van der Waals surface area contributed by atoms with Gasteiger partial charge in [-0.05, 0) is 98.4 Å². The summed E-state index contributed by atoms with van der Waals surface area (Å²) in [6, 6.07) is 18.8. The van der Waals surface area contributed by atoms with E-state index in [1.165, 1.54) is 25.0 Å². The van der Waals surface area contributed by atoms with Gasteiger partial charge in [0.25, 0.3) is 0 Å². The van der Waals surface area contributed by atoms with Crippen LogP contribution < -0.4 is 10.6 Å². The number of allylic oxidation sites excluding steroid dienone is 1. The van der Waals surface area contributed by atoms with Crippen molar-refractivity contribution < 1.29 is 4.39 Å². The number of benzene rings is 2. The first-order valence-electron chi connectivity index (χ1n) is 13.9. The zero-order chi connectivity index (χ0) is 27.8. The Kier molecular flexibility index (Phi) is 6.53.